The number of nitrogens with zero attached hydrogens (tertiary/aromatic N) is 1. The van der Waals surface area contributed by atoms with Gasteiger partial charge < -0.3 is 4.98 Å². The van der Waals surface area contributed by atoms with E-state index in [2.05, 4.69) is 54.4 Å². The summed E-state index contributed by atoms with van der Waals surface area (Å²) >= 11 is 0. The summed E-state index contributed by atoms with van der Waals surface area (Å²) in [6.45, 7) is 2.25. The number of hydrogen-bond donors (Lipinski definition) is 1. The molecule has 0 amide bonds. The van der Waals surface area contributed by atoms with E-state index in [1.807, 2.05) is 6.07 Å². The Morgan fingerprint density at radius 1 is 0.909 bits per heavy atom. The number of nitrogens with one attached hydrogen (secondary N) is 1. The fourth-order valence-electron chi connectivity index (χ4n) is 2.89. The maximum Gasteiger partial charge on any atom is 0.111 e. The van der Waals surface area contributed by atoms with Gasteiger partial charge in [0.1, 0.15) is 5.82 Å². The van der Waals surface area contributed by atoms with E-state index in [9.17, 15) is 0 Å². The molecule has 2 aromatic carbocycles. The van der Waals surface area contributed by atoms with E-state index < -0.39 is 0 Å². The van der Waals surface area contributed by atoms with Gasteiger partial charge in [-0.25, -0.2) is 4.98 Å². The summed E-state index contributed by atoms with van der Waals surface area (Å²) in [5, 5.41) is 0. The molecule has 1 aromatic heterocycles. The number of aromatic nitrogens is 2. The zero-order valence-electron chi connectivity index (χ0n) is 13.3. The molecule has 3 rings (SSSR count). The normalized spacial score (nSPS) is 11.1. The number of H-pyrrole nitrogens is 1. The summed E-state index contributed by atoms with van der Waals surface area (Å²) in [7, 11) is 0. The predicted molar refractivity (Wildman–Crippen MR) is 93.2 cm³/mol. The molecule has 1 N–H and O–H groups in total. The van der Waals surface area contributed by atoms with E-state index in [0.717, 1.165) is 17.8 Å². The zero-order valence-corrected chi connectivity index (χ0v) is 13.3. The van der Waals surface area contributed by atoms with E-state index in [1.165, 1.54) is 48.7 Å². The Hall–Kier alpha value is -2.09. The third-order valence-corrected chi connectivity index (χ3v) is 4.13. The van der Waals surface area contributed by atoms with Gasteiger partial charge in [0.15, 0.2) is 0 Å². The Kier molecular flexibility index (Phi) is 4.89. The van der Waals surface area contributed by atoms with Crippen molar-refractivity contribution in [2.45, 2.75) is 45.4 Å². The van der Waals surface area contributed by atoms with Crippen LogP contribution < -0.4 is 0 Å². The molecule has 0 aliphatic carbocycles. The first kappa shape index (κ1) is 14.8. The number of fused-ring (bicyclic) bond motifs is 1. The predicted octanol–water partition coefficient (Wildman–Crippen LogP) is 5.28. The minimum Gasteiger partial charge on any atom is -0.342 e. The fraction of sp³-hybridized carbons (Fsp3) is 0.350. The van der Waals surface area contributed by atoms with Crippen molar-refractivity contribution >= 4 is 11.0 Å². The maximum absolute atomic E-state index is 4.70. The van der Waals surface area contributed by atoms with Gasteiger partial charge in [0, 0.05) is 6.42 Å². The van der Waals surface area contributed by atoms with Crippen LogP contribution in [-0.4, -0.2) is 9.97 Å². The summed E-state index contributed by atoms with van der Waals surface area (Å²) in [5.41, 5.74) is 4.95. The number of unbranched alkanes of at least 4 members (excludes halogenated alkanes) is 3. The van der Waals surface area contributed by atoms with Crippen LogP contribution in [0.1, 0.15) is 49.6 Å². The molecule has 3 aromatic rings. The molecule has 1 heterocycles. The largest absolute Gasteiger partial charge is 0.342 e. The number of rotatable bonds is 7. The minimum absolute atomic E-state index is 0.862. The first-order valence-corrected chi connectivity index (χ1v) is 8.36. The van der Waals surface area contributed by atoms with Gasteiger partial charge >= 0.3 is 0 Å². The van der Waals surface area contributed by atoms with Gasteiger partial charge in [-0.3, -0.25) is 0 Å². The molecule has 0 unspecified atom stereocenters. The average molecular weight is 292 g/mol. The first-order valence-electron chi connectivity index (χ1n) is 8.36. The second kappa shape index (κ2) is 7.26. The highest BCUT2D eigenvalue weighted by atomic mass is 14.9. The molecule has 0 bridgehead atoms. The molecule has 22 heavy (non-hydrogen) atoms. The smallest absolute Gasteiger partial charge is 0.111 e. The van der Waals surface area contributed by atoms with Crippen LogP contribution in [0, 0.1) is 0 Å². The third-order valence-electron chi connectivity index (χ3n) is 4.13. The Morgan fingerprint density at radius 2 is 1.77 bits per heavy atom. The molecular weight excluding hydrogens is 268 g/mol. The van der Waals surface area contributed by atoms with E-state index in [0.29, 0.717) is 0 Å². The van der Waals surface area contributed by atoms with Gasteiger partial charge in [0.2, 0.25) is 0 Å². The Labute approximate surface area is 132 Å². The van der Waals surface area contributed by atoms with Gasteiger partial charge in [-0.05, 0) is 36.1 Å². The van der Waals surface area contributed by atoms with E-state index in [4.69, 9.17) is 4.98 Å². The molecule has 0 spiro atoms. The van der Waals surface area contributed by atoms with E-state index >= 15 is 0 Å². The molecule has 0 atom stereocenters. The van der Waals surface area contributed by atoms with E-state index in [1.54, 1.807) is 0 Å². The lowest BCUT2D eigenvalue weighted by atomic mass is 10.1. The quantitative estimate of drug-likeness (QED) is 0.590. The Balaban J connectivity index is 1.70. The molecule has 0 radical (unpaired) electrons. The fourth-order valence-corrected chi connectivity index (χ4v) is 2.89. The van der Waals surface area contributed by atoms with Crippen molar-refractivity contribution in [2.75, 3.05) is 0 Å². The number of aryl methyl sites for hydroxylation is 1. The molecule has 0 aliphatic rings. The van der Waals surface area contributed by atoms with E-state index in [-0.39, 0.29) is 0 Å². The second-order valence-electron chi connectivity index (χ2n) is 6.01. The number of aromatic amines is 1. The van der Waals surface area contributed by atoms with Crippen molar-refractivity contribution in [1.29, 1.82) is 0 Å². The number of imidazole rings is 1. The van der Waals surface area contributed by atoms with Crippen LogP contribution in [0.4, 0.5) is 0 Å². The second-order valence-corrected chi connectivity index (χ2v) is 6.01. The molecule has 2 nitrogen and oxygen atoms in total. The van der Waals surface area contributed by atoms with Gasteiger partial charge in [0.25, 0.3) is 0 Å². The average Bonchev–Trinajstić information content (AvgIpc) is 2.94. The van der Waals surface area contributed by atoms with Crippen LogP contribution in [0.2, 0.25) is 0 Å². The first-order chi connectivity index (χ1) is 10.8. The van der Waals surface area contributed by atoms with Crippen LogP contribution >= 0.6 is 0 Å². The molecule has 0 saturated heterocycles. The maximum atomic E-state index is 4.70. The summed E-state index contributed by atoms with van der Waals surface area (Å²) in [6.07, 6.45) is 7.28. The summed E-state index contributed by atoms with van der Waals surface area (Å²) in [6, 6.07) is 17.1. The SMILES string of the molecule is CCCCCCc1ccc2nc(Cc3ccccc3)[nH]c2c1. The van der Waals surface area contributed by atoms with Crippen LogP contribution in [0.15, 0.2) is 48.5 Å². The van der Waals surface area contributed by atoms with Crippen LogP contribution in [0.5, 0.6) is 0 Å². The standard InChI is InChI=1S/C20H24N2/c1-2-3-4-6-11-17-12-13-18-19(14-17)22-20(21-18)15-16-9-7-5-8-10-16/h5,7-10,12-14H,2-4,6,11,15H2,1H3,(H,21,22). The monoisotopic (exact) mass is 292 g/mol. The van der Waals surface area contributed by atoms with Gasteiger partial charge in [-0.1, -0.05) is 62.6 Å². The minimum atomic E-state index is 0.862. The van der Waals surface area contributed by atoms with Crippen molar-refractivity contribution in [3.8, 4) is 0 Å². The molecule has 0 aliphatic heterocycles. The van der Waals surface area contributed by atoms with Crippen LogP contribution in [-0.2, 0) is 12.8 Å². The highest BCUT2D eigenvalue weighted by Gasteiger charge is 2.05. The summed E-state index contributed by atoms with van der Waals surface area (Å²) in [4.78, 5) is 8.18. The number of hydrogen-bond acceptors (Lipinski definition) is 1. The van der Waals surface area contributed by atoms with Gasteiger partial charge in [-0.2, -0.15) is 0 Å². The van der Waals surface area contributed by atoms with Crippen molar-refractivity contribution in [3.63, 3.8) is 0 Å². The van der Waals surface area contributed by atoms with Crippen molar-refractivity contribution < 1.29 is 0 Å². The molecular formula is C20H24N2. The van der Waals surface area contributed by atoms with Gasteiger partial charge in [0.05, 0.1) is 11.0 Å². The topological polar surface area (TPSA) is 28.7 Å². The summed E-state index contributed by atoms with van der Waals surface area (Å²) in [5.74, 6) is 1.05. The molecule has 0 saturated carbocycles. The molecule has 0 fully saturated rings. The third kappa shape index (κ3) is 3.76. The lowest BCUT2D eigenvalue weighted by molar-refractivity contribution is 0.667. The number of benzene rings is 2. The molecule has 114 valence electrons. The highest BCUT2D eigenvalue weighted by Crippen LogP contribution is 2.17. The summed E-state index contributed by atoms with van der Waals surface area (Å²) < 4.78 is 0. The zero-order chi connectivity index (χ0) is 15.2. The Morgan fingerprint density at radius 3 is 2.59 bits per heavy atom. The van der Waals surface area contributed by atoms with Gasteiger partial charge in [-0.15, -0.1) is 0 Å². The van der Waals surface area contributed by atoms with Crippen molar-refractivity contribution in [2.24, 2.45) is 0 Å². The van der Waals surface area contributed by atoms with Crippen molar-refractivity contribution in [1.82, 2.24) is 9.97 Å². The lowest BCUT2D eigenvalue weighted by Crippen LogP contribution is -1.89. The lowest BCUT2D eigenvalue weighted by Gasteiger charge is -2.01. The van der Waals surface area contributed by atoms with Crippen LogP contribution in [0.3, 0.4) is 0 Å². The Bertz CT molecular complexity index is 713. The van der Waals surface area contributed by atoms with Crippen molar-refractivity contribution in [3.05, 3.63) is 65.5 Å². The van der Waals surface area contributed by atoms with Crippen LogP contribution in [0.25, 0.3) is 11.0 Å². The molecule has 2 heteroatoms. The highest BCUT2D eigenvalue weighted by molar-refractivity contribution is 5.76.